The Hall–Kier alpha value is -1.07. The molecule has 1 saturated heterocycles. The molecule has 1 atom stereocenters. The topological polar surface area (TPSA) is 21.3 Å². The normalized spacial score (nSPS) is 23.9. The molecule has 1 aliphatic rings. The maximum absolute atomic E-state index is 12.4. The Morgan fingerprint density at radius 1 is 1.22 bits per heavy atom. The van der Waals surface area contributed by atoms with Crippen molar-refractivity contribution in [1.82, 2.24) is 5.32 Å². The lowest BCUT2D eigenvalue weighted by atomic mass is 10.0. The Kier molecular flexibility index (Phi) is 3.38. The molecule has 2 rings (SSSR count). The highest BCUT2D eigenvalue weighted by molar-refractivity contribution is 5.26. The van der Waals surface area contributed by atoms with Crippen LogP contribution in [0.15, 0.2) is 24.3 Å². The van der Waals surface area contributed by atoms with E-state index < -0.39 is 11.7 Å². The molecular formula is C13H16F3NO. The van der Waals surface area contributed by atoms with E-state index in [2.05, 4.69) is 5.32 Å². The second kappa shape index (κ2) is 4.55. The molecule has 1 aromatic rings. The SMILES string of the molecule is CC1(C)COC(c2ccc(C(F)(F)F)cc2)CN1. The van der Waals surface area contributed by atoms with Gasteiger partial charge >= 0.3 is 6.18 Å². The quantitative estimate of drug-likeness (QED) is 0.836. The molecule has 1 aromatic carbocycles. The fraction of sp³-hybridized carbons (Fsp3) is 0.538. The zero-order chi connectivity index (χ0) is 13.4. The Bertz CT molecular complexity index is 401. The molecule has 5 heteroatoms. The van der Waals surface area contributed by atoms with Crippen LogP contribution < -0.4 is 5.32 Å². The molecule has 1 fully saturated rings. The van der Waals surface area contributed by atoms with Crippen molar-refractivity contribution >= 4 is 0 Å². The van der Waals surface area contributed by atoms with E-state index in [9.17, 15) is 13.2 Å². The first-order valence-electron chi connectivity index (χ1n) is 5.82. The largest absolute Gasteiger partial charge is 0.416 e. The summed E-state index contributed by atoms with van der Waals surface area (Å²) < 4.78 is 42.9. The van der Waals surface area contributed by atoms with Crippen molar-refractivity contribution in [1.29, 1.82) is 0 Å². The number of hydrogen-bond donors (Lipinski definition) is 1. The van der Waals surface area contributed by atoms with Crippen LogP contribution in [0.2, 0.25) is 0 Å². The van der Waals surface area contributed by atoms with Crippen molar-refractivity contribution in [2.75, 3.05) is 13.2 Å². The number of halogens is 3. The average molecular weight is 259 g/mol. The number of rotatable bonds is 1. The van der Waals surface area contributed by atoms with Gasteiger partial charge in [-0.3, -0.25) is 0 Å². The number of morpholine rings is 1. The molecule has 1 heterocycles. The van der Waals surface area contributed by atoms with E-state index in [-0.39, 0.29) is 11.6 Å². The summed E-state index contributed by atoms with van der Waals surface area (Å²) in [4.78, 5) is 0. The van der Waals surface area contributed by atoms with Gasteiger partial charge in [0.05, 0.1) is 18.3 Å². The average Bonchev–Trinajstić information content (AvgIpc) is 2.28. The summed E-state index contributed by atoms with van der Waals surface area (Å²) in [5.41, 5.74) is 0.0592. The summed E-state index contributed by atoms with van der Waals surface area (Å²) in [6.07, 6.45) is -4.47. The van der Waals surface area contributed by atoms with Crippen LogP contribution in [0, 0.1) is 0 Å². The third kappa shape index (κ3) is 3.03. The van der Waals surface area contributed by atoms with Gasteiger partial charge in [-0.15, -0.1) is 0 Å². The van der Waals surface area contributed by atoms with Gasteiger partial charge in [0.1, 0.15) is 0 Å². The maximum Gasteiger partial charge on any atom is 0.416 e. The lowest BCUT2D eigenvalue weighted by molar-refractivity contribution is -0.137. The van der Waals surface area contributed by atoms with Gasteiger partial charge in [0, 0.05) is 12.1 Å². The summed E-state index contributed by atoms with van der Waals surface area (Å²) in [7, 11) is 0. The molecule has 0 saturated carbocycles. The van der Waals surface area contributed by atoms with Crippen LogP contribution in [0.1, 0.15) is 31.1 Å². The van der Waals surface area contributed by atoms with Crippen molar-refractivity contribution in [3.8, 4) is 0 Å². The molecule has 0 spiro atoms. The van der Waals surface area contributed by atoms with E-state index >= 15 is 0 Å². The minimum atomic E-state index is -4.29. The smallest absolute Gasteiger partial charge is 0.370 e. The van der Waals surface area contributed by atoms with Crippen molar-refractivity contribution < 1.29 is 17.9 Å². The van der Waals surface area contributed by atoms with Crippen molar-refractivity contribution in [2.24, 2.45) is 0 Å². The van der Waals surface area contributed by atoms with Crippen molar-refractivity contribution in [3.63, 3.8) is 0 Å². The first kappa shape index (κ1) is 13.4. The third-order valence-corrected chi connectivity index (χ3v) is 3.02. The lowest BCUT2D eigenvalue weighted by Crippen LogP contribution is -2.50. The Balaban J connectivity index is 2.07. The molecule has 0 aromatic heterocycles. The van der Waals surface area contributed by atoms with Crippen molar-refractivity contribution in [2.45, 2.75) is 31.7 Å². The van der Waals surface area contributed by atoms with Gasteiger partial charge in [0.15, 0.2) is 0 Å². The zero-order valence-corrected chi connectivity index (χ0v) is 10.3. The van der Waals surface area contributed by atoms with Gasteiger partial charge in [0.25, 0.3) is 0 Å². The summed E-state index contributed by atoms with van der Waals surface area (Å²) in [6, 6.07) is 5.15. The molecule has 0 aliphatic carbocycles. The monoisotopic (exact) mass is 259 g/mol. The van der Waals surface area contributed by atoms with Crippen LogP contribution >= 0.6 is 0 Å². The zero-order valence-electron chi connectivity index (χ0n) is 10.3. The number of alkyl halides is 3. The summed E-state index contributed by atoms with van der Waals surface area (Å²) in [5.74, 6) is 0. The molecule has 1 aliphatic heterocycles. The molecule has 18 heavy (non-hydrogen) atoms. The van der Waals surface area contributed by atoms with Gasteiger partial charge in [-0.25, -0.2) is 0 Å². The standard InChI is InChI=1S/C13H16F3NO/c1-12(2)8-18-11(7-17-12)9-3-5-10(6-4-9)13(14,15)16/h3-6,11,17H,7-8H2,1-2H3. The van der Waals surface area contributed by atoms with Crippen LogP contribution in [-0.4, -0.2) is 18.7 Å². The van der Waals surface area contributed by atoms with E-state index in [1.807, 2.05) is 13.8 Å². The molecule has 2 nitrogen and oxygen atoms in total. The molecule has 1 N–H and O–H groups in total. The van der Waals surface area contributed by atoms with Crippen LogP contribution in [0.5, 0.6) is 0 Å². The molecule has 1 unspecified atom stereocenters. The van der Waals surface area contributed by atoms with Gasteiger partial charge in [-0.1, -0.05) is 12.1 Å². The Morgan fingerprint density at radius 2 is 1.83 bits per heavy atom. The third-order valence-electron chi connectivity index (χ3n) is 3.02. The van der Waals surface area contributed by atoms with Gasteiger partial charge in [-0.05, 0) is 31.5 Å². The first-order chi connectivity index (χ1) is 8.28. The summed E-state index contributed by atoms with van der Waals surface area (Å²) >= 11 is 0. The number of hydrogen-bond acceptors (Lipinski definition) is 2. The van der Waals surface area contributed by atoms with E-state index in [0.29, 0.717) is 13.2 Å². The molecular weight excluding hydrogens is 243 g/mol. The fourth-order valence-electron chi connectivity index (χ4n) is 1.89. The number of nitrogens with one attached hydrogen (secondary N) is 1. The fourth-order valence-corrected chi connectivity index (χ4v) is 1.89. The van der Waals surface area contributed by atoms with E-state index in [0.717, 1.165) is 17.7 Å². The van der Waals surface area contributed by atoms with Crippen LogP contribution in [-0.2, 0) is 10.9 Å². The van der Waals surface area contributed by atoms with E-state index in [1.165, 1.54) is 12.1 Å². The summed E-state index contributed by atoms with van der Waals surface area (Å²) in [6.45, 7) is 5.20. The minimum absolute atomic E-state index is 0.0809. The lowest BCUT2D eigenvalue weighted by Gasteiger charge is -2.36. The highest BCUT2D eigenvalue weighted by Gasteiger charge is 2.31. The molecule has 0 bridgehead atoms. The number of benzene rings is 1. The van der Waals surface area contributed by atoms with E-state index in [4.69, 9.17) is 4.74 Å². The minimum Gasteiger partial charge on any atom is -0.370 e. The predicted octanol–water partition coefficient (Wildman–Crippen LogP) is 3.14. The van der Waals surface area contributed by atoms with Gasteiger partial charge < -0.3 is 10.1 Å². The predicted molar refractivity (Wildman–Crippen MR) is 62.2 cm³/mol. The maximum atomic E-state index is 12.4. The molecule has 100 valence electrons. The molecule has 0 radical (unpaired) electrons. The van der Waals surface area contributed by atoms with Crippen molar-refractivity contribution in [3.05, 3.63) is 35.4 Å². The highest BCUT2D eigenvalue weighted by atomic mass is 19.4. The highest BCUT2D eigenvalue weighted by Crippen LogP contribution is 2.31. The van der Waals surface area contributed by atoms with Gasteiger partial charge in [0.2, 0.25) is 0 Å². The van der Waals surface area contributed by atoms with Crippen LogP contribution in [0.3, 0.4) is 0 Å². The first-order valence-corrected chi connectivity index (χ1v) is 5.82. The van der Waals surface area contributed by atoms with Crippen LogP contribution in [0.4, 0.5) is 13.2 Å². The Morgan fingerprint density at radius 3 is 2.28 bits per heavy atom. The number of ether oxygens (including phenoxy) is 1. The van der Waals surface area contributed by atoms with Gasteiger partial charge in [-0.2, -0.15) is 13.2 Å². The summed E-state index contributed by atoms with van der Waals surface area (Å²) in [5, 5.41) is 3.30. The second-order valence-electron chi connectivity index (χ2n) is 5.18. The second-order valence-corrected chi connectivity index (χ2v) is 5.18. The Labute approximate surface area is 104 Å². The van der Waals surface area contributed by atoms with E-state index in [1.54, 1.807) is 0 Å². The van der Waals surface area contributed by atoms with Crippen LogP contribution in [0.25, 0.3) is 0 Å². The molecule has 0 amide bonds.